The van der Waals surface area contributed by atoms with E-state index < -0.39 is 0 Å². The van der Waals surface area contributed by atoms with Gasteiger partial charge in [0, 0.05) is 5.92 Å². The van der Waals surface area contributed by atoms with Crippen molar-refractivity contribution in [3.05, 3.63) is 35.4 Å². The zero-order chi connectivity index (χ0) is 12.3. The van der Waals surface area contributed by atoms with Gasteiger partial charge in [0.1, 0.15) is 0 Å². The van der Waals surface area contributed by atoms with Gasteiger partial charge in [0.25, 0.3) is 0 Å². The summed E-state index contributed by atoms with van der Waals surface area (Å²) in [6, 6.07) is 8.66. The van der Waals surface area contributed by atoms with Gasteiger partial charge in [-0.3, -0.25) is 4.79 Å². The molecule has 0 saturated carbocycles. The molecule has 1 amide bonds. The smallest absolute Gasteiger partial charge is 0.223 e. The fourth-order valence-electron chi connectivity index (χ4n) is 2.59. The lowest BCUT2D eigenvalue weighted by Crippen LogP contribution is -2.31. The molecule has 2 unspecified atom stereocenters. The predicted octanol–water partition coefficient (Wildman–Crippen LogP) is 3.23. The van der Waals surface area contributed by atoms with E-state index in [9.17, 15) is 4.79 Å². The van der Waals surface area contributed by atoms with E-state index in [4.69, 9.17) is 0 Å². The van der Waals surface area contributed by atoms with E-state index in [1.54, 1.807) is 0 Å². The monoisotopic (exact) mass is 231 g/mol. The number of carbonyl (C=O) groups is 1. The Kier molecular flexibility index (Phi) is 3.82. The Morgan fingerprint density at radius 3 is 3.00 bits per heavy atom. The molecule has 17 heavy (non-hydrogen) atoms. The number of rotatable bonds is 4. The molecule has 0 spiro atoms. The molecule has 0 radical (unpaired) electrons. The zero-order valence-electron chi connectivity index (χ0n) is 10.7. The van der Waals surface area contributed by atoms with E-state index in [1.165, 1.54) is 11.1 Å². The minimum absolute atomic E-state index is 0.132. The number of aryl methyl sites for hydroxylation is 1. The van der Waals surface area contributed by atoms with Crippen LogP contribution in [-0.4, -0.2) is 5.91 Å². The lowest BCUT2D eigenvalue weighted by molar-refractivity contribution is -0.125. The van der Waals surface area contributed by atoms with E-state index in [0.29, 0.717) is 0 Å². The first kappa shape index (κ1) is 12.2. The first-order valence-corrected chi connectivity index (χ1v) is 6.60. The third kappa shape index (κ3) is 2.68. The normalized spacial score (nSPS) is 19.8. The van der Waals surface area contributed by atoms with Crippen molar-refractivity contribution in [2.75, 3.05) is 0 Å². The quantitative estimate of drug-likeness (QED) is 0.847. The molecule has 0 bridgehead atoms. The van der Waals surface area contributed by atoms with Crippen molar-refractivity contribution in [2.45, 2.75) is 45.6 Å². The molecule has 1 aliphatic rings. The van der Waals surface area contributed by atoms with Crippen molar-refractivity contribution in [2.24, 2.45) is 5.92 Å². The van der Waals surface area contributed by atoms with Crippen LogP contribution in [0.15, 0.2) is 24.3 Å². The van der Waals surface area contributed by atoms with Crippen LogP contribution in [0.5, 0.6) is 0 Å². The third-order valence-corrected chi connectivity index (χ3v) is 3.62. The van der Waals surface area contributed by atoms with Crippen LogP contribution in [-0.2, 0) is 11.2 Å². The fraction of sp³-hybridized carbons (Fsp3) is 0.533. The highest BCUT2D eigenvalue weighted by atomic mass is 16.1. The molecule has 1 aromatic rings. The Bertz CT molecular complexity index is 400. The number of hydrogen-bond donors (Lipinski definition) is 1. The van der Waals surface area contributed by atoms with Gasteiger partial charge in [0.05, 0.1) is 6.04 Å². The predicted molar refractivity (Wildman–Crippen MR) is 69.7 cm³/mol. The number of nitrogens with one attached hydrogen (secondary N) is 1. The van der Waals surface area contributed by atoms with Crippen LogP contribution in [0.3, 0.4) is 0 Å². The Morgan fingerprint density at radius 1 is 1.47 bits per heavy atom. The van der Waals surface area contributed by atoms with E-state index in [2.05, 4.69) is 36.5 Å². The zero-order valence-corrected chi connectivity index (χ0v) is 10.7. The van der Waals surface area contributed by atoms with Crippen LogP contribution in [0.1, 0.15) is 50.3 Å². The molecule has 0 aliphatic heterocycles. The van der Waals surface area contributed by atoms with Crippen molar-refractivity contribution in [1.82, 2.24) is 5.32 Å². The summed E-state index contributed by atoms with van der Waals surface area (Å²) in [5.41, 5.74) is 2.70. The van der Waals surface area contributed by atoms with E-state index in [-0.39, 0.29) is 17.9 Å². The Balaban J connectivity index is 2.00. The summed E-state index contributed by atoms with van der Waals surface area (Å²) in [6.45, 7) is 4.13. The molecule has 92 valence electrons. The van der Waals surface area contributed by atoms with Crippen molar-refractivity contribution >= 4 is 5.91 Å². The van der Waals surface area contributed by atoms with Gasteiger partial charge < -0.3 is 5.32 Å². The maximum absolute atomic E-state index is 12.0. The summed E-state index contributed by atoms with van der Waals surface area (Å²) in [4.78, 5) is 12.0. The first-order valence-electron chi connectivity index (χ1n) is 6.60. The topological polar surface area (TPSA) is 29.1 Å². The maximum Gasteiger partial charge on any atom is 0.223 e. The Labute approximate surface area is 103 Å². The van der Waals surface area contributed by atoms with Crippen molar-refractivity contribution < 1.29 is 4.79 Å². The molecule has 0 aromatic heterocycles. The van der Waals surface area contributed by atoms with Gasteiger partial charge in [0.15, 0.2) is 0 Å². The van der Waals surface area contributed by atoms with Crippen LogP contribution >= 0.6 is 0 Å². The lowest BCUT2D eigenvalue weighted by Gasteiger charge is -2.17. The molecule has 0 fully saturated rings. The van der Waals surface area contributed by atoms with Crippen LogP contribution < -0.4 is 5.32 Å². The molecular weight excluding hydrogens is 210 g/mol. The van der Waals surface area contributed by atoms with E-state index in [0.717, 1.165) is 25.7 Å². The summed E-state index contributed by atoms with van der Waals surface area (Å²) < 4.78 is 0. The van der Waals surface area contributed by atoms with Crippen LogP contribution in [0.25, 0.3) is 0 Å². The van der Waals surface area contributed by atoms with Crippen molar-refractivity contribution in [3.8, 4) is 0 Å². The standard InChI is InChI=1S/C15H21NO/c1-3-6-11(2)15(17)16-14-10-9-12-7-4-5-8-13(12)14/h4-5,7-8,11,14H,3,6,9-10H2,1-2H3,(H,16,17). The average molecular weight is 231 g/mol. The second kappa shape index (κ2) is 5.35. The van der Waals surface area contributed by atoms with Crippen LogP contribution in [0, 0.1) is 5.92 Å². The number of benzene rings is 1. The van der Waals surface area contributed by atoms with Crippen molar-refractivity contribution in [3.63, 3.8) is 0 Å². The first-order chi connectivity index (χ1) is 8.22. The molecule has 1 aromatic carbocycles. The van der Waals surface area contributed by atoms with Crippen LogP contribution in [0.4, 0.5) is 0 Å². The third-order valence-electron chi connectivity index (χ3n) is 3.62. The molecule has 2 rings (SSSR count). The number of amides is 1. The SMILES string of the molecule is CCCC(C)C(=O)NC1CCc2ccccc21. The molecule has 1 aliphatic carbocycles. The summed E-state index contributed by atoms with van der Waals surface area (Å²) in [5.74, 6) is 0.335. The number of hydrogen-bond acceptors (Lipinski definition) is 1. The average Bonchev–Trinajstić information content (AvgIpc) is 2.73. The Hall–Kier alpha value is -1.31. The molecule has 2 nitrogen and oxygen atoms in total. The minimum Gasteiger partial charge on any atom is -0.349 e. The van der Waals surface area contributed by atoms with Gasteiger partial charge in [-0.25, -0.2) is 0 Å². The molecule has 2 heteroatoms. The van der Waals surface area contributed by atoms with E-state index >= 15 is 0 Å². The minimum atomic E-state index is 0.132. The summed E-state index contributed by atoms with van der Waals surface area (Å²) in [5, 5.41) is 3.18. The fourth-order valence-corrected chi connectivity index (χ4v) is 2.59. The molecule has 1 N–H and O–H groups in total. The largest absolute Gasteiger partial charge is 0.349 e. The van der Waals surface area contributed by atoms with Gasteiger partial charge >= 0.3 is 0 Å². The van der Waals surface area contributed by atoms with Crippen molar-refractivity contribution in [1.29, 1.82) is 0 Å². The molecule has 0 saturated heterocycles. The highest BCUT2D eigenvalue weighted by molar-refractivity contribution is 5.78. The summed E-state index contributed by atoms with van der Waals surface area (Å²) in [6.07, 6.45) is 4.17. The summed E-state index contributed by atoms with van der Waals surface area (Å²) >= 11 is 0. The molecule has 2 atom stereocenters. The summed E-state index contributed by atoms with van der Waals surface area (Å²) in [7, 11) is 0. The van der Waals surface area contributed by atoms with Gasteiger partial charge in [-0.1, -0.05) is 44.5 Å². The second-order valence-corrected chi connectivity index (χ2v) is 4.99. The molecule has 0 heterocycles. The maximum atomic E-state index is 12.0. The Morgan fingerprint density at radius 2 is 2.24 bits per heavy atom. The number of carbonyl (C=O) groups excluding carboxylic acids is 1. The van der Waals surface area contributed by atoms with E-state index in [1.807, 2.05) is 6.92 Å². The van der Waals surface area contributed by atoms with Gasteiger partial charge in [-0.15, -0.1) is 0 Å². The lowest BCUT2D eigenvalue weighted by atomic mass is 10.0. The van der Waals surface area contributed by atoms with Gasteiger partial charge in [-0.05, 0) is 30.4 Å². The van der Waals surface area contributed by atoms with Gasteiger partial charge in [0.2, 0.25) is 5.91 Å². The number of fused-ring (bicyclic) bond motifs is 1. The van der Waals surface area contributed by atoms with Gasteiger partial charge in [-0.2, -0.15) is 0 Å². The van der Waals surface area contributed by atoms with Crippen LogP contribution in [0.2, 0.25) is 0 Å². The highest BCUT2D eigenvalue weighted by Crippen LogP contribution is 2.30. The molecular formula is C15H21NO. The second-order valence-electron chi connectivity index (χ2n) is 4.99. The highest BCUT2D eigenvalue weighted by Gasteiger charge is 2.24.